The summed E-state index contributed by atoms with van der Waals surface area (Å²) in [6, 6.07) is 22.4. The molecule has 0 unspecified atom stereocenters. The molecule has 0 bridgehead atoms. The number of benzene rings is 3. The Bertz CT molecular complexity index is 994. The minimum Gasteiger partial charge on any atom is -0.422 e. The number of aryl methyl sites for hydroxylation is 1. The summed E-state index contributed by atoms with van der Waals surface area (Å²) in [5.74, 6) is 4.86. The molecule has 0 aromatic heterocycles. The fourth-order valence-corrected chi connectivity index (χ4v) is 2.58. The highest BCUT2D eigenvalue weighted by Gasteiger charge is 2.21. The van der Waals surface area contributed by atoms with E-state index in [4.69, 9.17) is 10.6 Å². The Morgan fingerprint density at radius 2 is 1.44 bits per heavy atom. The van der Waals surface area contributed by atoms with E-state index in [1.54, 1.807) is 60.7 Å². The van der Waals surface area contributed by atoms with E-state index in [-0.39, 0.29) is 17.2 Å². The number of hydrogen-bond acceptors (Lipinski definition) is 5. The van der Waals surface area contributed by atoms with Crippen molar-refractivity contribution in [2.24, 2.45) is 10.9 Å². The summed E-state index contributed by atoms with van der Waals surface area (Å²) >= 11 is 0. The van der Waals surface area contributed by atoms with Crippen LogP contribution in [0.1, 0.15) is 31.8 Å². The molecule has 27 heavy (non-hydrogen) atoms. The van der Waals surface area contributed by atoms with Crippen molar-refractivity contribution in [2.75, 3.05) is 0 Å². The minimum atomic E-state index is -0.526. The van der Waals surface area contributed by atoms with Crippen molar-refractivity contribution in [1.82, 2.24) is 0 Å². The number of para-hydroxylation sites is 1. The summed E-state index contributed by atoms with van der Waals surface area (Å²) < 4.78 is 5.49. The van der Waals surface area contributed by atoms with Crippen LogP contribution in [0, 0.1) is 6.92 Å². The minimum absolute atomic E-state index is 0.0234. The molecule has 0 amide bonds. The first kappa shape index (κ1) is 18.1. The molecule has 0 saturated carbocycles. The fourth-order valence-electron chi connectivity index (χ4n) is 2.58. The summed E-state index contributed by atoms with van der Waals surface area (Å²) in [7, 11) is 0. The molecule has 5 nitrogen and oxygen atoms in total. The Labute approximate surface area is 157 Å². The van der Waals surface area contributed by atoms with Crippen molar-refractivity contribution < 1.29 is 14.3 Å². The average molecular weight is 358 g/mol. The fraction of sp³-hybridized carbons (Fsp3) is 0.0455. The maximum atomic E-state index is 12.8. The van der Waals surface area contributed by atoms with Gasteiger partial charge < -0.3 is 10.6 Å². The van der Waals surface area contributed by atoms with Gasteiger partial charge in [-0.05, 0) is 31.2 Å². The molecule has 0 saturated heterocycles. The lowest BCUT2D eigenvalue weighted by atomic mass is 9.99. The molecule has 0 spiro atoms. The molecule has 3 rings (SSSR count). The zero-order valence-electron chi connectivity index (χ0n) is 14.8. The molecule has 0 radical (unpaired) electrons. The normalized spacial score (nSPS) is 11.1. The van der Waals surface area contributed by atoms with Gasteiger partial charge in [-0.15, -0.1) is 0 Å². The van der Waals surface area contributed by atoms with E-state index in [9.17, 15) is 9.59 Å². The Morgan fingerprint density at radius 3 is 2.11 bits per heavy atom. The van der Waals surface area contributed by atoms with Crippen LogP contribution in [-0.4, -0.2) is 17.5 Å². The van der Waals surface area contributed by atoms with Crippen molar-refractivity contribution in [3.63, 3.8) is 0 Å². The van der Waals surface area contributed by atoms with E-state index in [0.29, 0.717) is 16.7 Å². The largest absolute Gasteiger partial charge is 0.422 e. The summed E-state index contributed by atoms with van der Waals surface area (Å²) in [6.45, 7) is 1.94. The molecule has 0 aliphatic carbocycles. The van der Waals surface area contributed by atoms with Crippen molar-refractivity contribution in [3.8, 4) is 5.75 Å². The van der Waals surface area contributed by atoms with Crippen molar-refractivity contribution in [3.05, 3.63) is 101 Å². The van der Waals surface area contributed by atoms with Crippen molar-refractivity contribution in [2.45, 2.75) is 6.92 Å². The van der Waals surface area contributed by atoms with Crippen LogP contribution in [0.3, 0.4) is 0 Å². The van der Waals surface area contributed by atoms with Crippen LogP contribution in [0.25, 0.3) is 0 Å². The van der Waals surface area contributed by atoms with Gasteiger partial charge in [0.15, 0.2) is 0 Å². The zero-order valence-corrected chi connectivity index (χ0v) is 14.8. The second-order valence-corrected chi connectivity index (χ2v) is 5.92. The van der Waals surface area contributed by atoms with E-state index in [0.717, 1.165) is 5.56 Å². The lowest BCUT2D eigenvalue weighted by molar-refractivity contribution is 0.0734. The first-order chi connectivity index (χ1) is 13.1. The Kier molecular flexibility index (Phi) is 5.42. The molecule has 0 aliphatic rings. The van der Waals surface area contributed by atoms with E-state index >= 15 is 0 Å². The Morgan fingerprint density at radius 1 is 0.815 bits per heavy atom. The van der Waals surface area contributed by atoms with Gasteiger partial charge in [-0.2, -0.15) is 5.10 Å². The summed E-state index contributed by atoms with van der Waals surface area (Å²) in [5, 5.41) is 3.67. The highest BCUT2D eigenvalue weighted by atomic mass is 16.5. The molecule has 3 aromatic rings. The number of ether oxygens (including phenoxy) is 1. The number of Topliss-reactive ketones (excluding diaryl/α,β-unsaturated/α-hetero) is 1. The molecule has 5 heteroatoms. The number of carbonyl (C=O) groups is 2. The number of ketones is 1. The highest BCUT2D eigenvalue weighted by molar-refractivity contribution is 6.51. The van der Waals surface area contributed by atoms with Crippen molar-refractivity contribution >= 4 is 17.5 Å². The van der Waals surface area contributed by atoms with Gasteiger partial charge in [-0.25, -0.2) is 4.79 Å². The van der Waals surface area contributed by atoms with Crippen LogP contribution >= 0.6 is 0 Å². The number of nitrogens with zero attached hydrogens (tertiary/aromatic N) is 1. The number of carbonyl (C=O) groups excluding carboxylic acids is 2. The summed E-state index contributed by atoms with van der Waals surface area (Å²) in [6.07, 6.45) is 0. The third-order valence-corrected chi connectivity index (χ3v) is 4.01. The molecular formula is C22H18N2O3. The van der Waals surface area contributed by atoms with Crippen LogP contribution in [0.2, 0.25) is 0 Å². The number of rotatable bonds is 5. The number of hydrogen-bond donors (Lipinski definition) is 1. The van der Waals surface area contributed by atoms with Gasteiger partial charge in [0.1, 0.15) is 11.5 Å². The van der Waals surface area contributed by atoms with Gasteiger partial charge in [0.25, 0.3) is 0 Å². The quantitative estimate of drug-likeness (QED) is 0.188. The van der Waals surface area contributed by atoms with E-state index < -0.39 is 5.97 Å². The van der Waals surface area contributed by atoms with E-state index in [1.807, 2.05) is 25.1 Å². The monoisotopic (exact) mass is 358 g/mol. The lowest BCUT2D eigenvalue weighted by Gasteiger charge is -2.11. The second kappa shape index (κ2) is 8.10. The van der Waals surface area contributed by atoms with Crippen molar-refractivity contribution in [1.29, 1.82) is 0 Å². The Balaban J connectivity index is 1.93. The average Bonchev–Trinajstić information content (AvgIpc) is 2.71. The molecule has 2 N–H and O–H groups in total. The number of nitrogens with two attached hydrogens (primary N) is 1. The molecule has 0 heterocycles. The van der Waals surface area contributed by atoms with Crippen LogP contribution < -0.4 is 10.6 Å². The smallest absolute Gasteiger partial charge is 0.343 e. The van der Waals surface area contributed by atoms with Crippen LogP contribution in [0.4, 0.5) is 0 Å². The van der Waals surface area contributed by atoms with Gasteiger partial charge in [-0.1, -0.05) is 60.2 Å². The standard InChI is InChI=1S/C22H18N2O3/c1-15-11-13-16(14-12-15)21(25)20(24-23)18-9-5-6-10-19(18)27-22(26)17-7-3-2-4-8-17/h2-14H,23H2,1H3/b24-20+. The first-order valence-electron chi connectivity index (χ1n) is 8.36. The zero-order chi connectivity index (χ0) is 19.2. The first-order valence-corrected chi connectivity index (χ1v) is 8.36. The van der Waals surface area contributed by atoms with Crippen LogP contribution in [0.15, 0.2) is 84.0 Å². The molecule has 0 aliphatic heterocycles. The molecule has 134 valence electrons. The molecule has 3 aromatic carbocycles. The van der Waals surface area contributed by atoms with Gasteiger partial charge in [0.2, 0.25) is 5.78 Å². The van der Waals surface area contributed by atoms with Gasteiger partial charge >= 0.3 is 5.97 Å². The van der Waals surface area contributed by atoms with Crippen LogP contribution in [-0.2, 0) is 0 Å². The predicted molar refractivity (Wildman–Crippen MR) is 104 cm³/mol. The summed E-state index contributed by atoms with van der Waals surface area (Å²) in [5.41, 5.74) is 2.28. The lowest BCUT2D eigenvalue weighted by Crippen LogP contribution is -2.20. The molecule has 0 fully saturated rings. The Hall–Kier alpha value is -3.73. The third-order valence-electron chi connectivity index (χ3n) is 4.01. The summed E-state index contributed by atoms with van der Waals surface area (Å²) in [4.78, 5) is 25.2. The molecular weight excluding hydrogens is 340 g/mol. The maximum absolute atomic E-state index is 12.8. The van der Waals surface area contributed by atoms with E-state index in [2.05, 4.69) is 5.10 Å². The van der Waals surface area contributed by atoms with E-state index in [1.165, 1.54) is 0 Å². The van der Waals surface area contributed by atoms with Gasteiger partial charge in [-0.3, -0.25) is 4.79 Å². The highest BCUT2D eigenvalue weighted by Crippen LogP contribution is 2.22. The topological polar surface area (TPSA) is 81.8 Å². The van der Waals surface area contributed by atoms with Gasteiger partial charge in [0, 0.05) is 11.1 Å². The maximum Gasteiger partial charge on any atom is 0.343 e. The molecule has 0 atom stereocenters. The third kappa shape index (κ3) is 4.10. The van der Waals surface area contributed by atoms with Crippen LogP contribution in [0.5, 0.6) is 5.75 Å². The van der Waals surface area contributed by atoms with Gasteiger partial charge in [0.05, 0.1) is 5.56 Å². The second-order valence-electron chi connectivity index (χ2n) is 5.92. The number of hydrazone groups is 1. The predicted octanol–water partition coefficient (Wildman–Crippen LogP) is 3.76. The number of esters is 1. The SMILES string of the molecule is Cc1ccc(C(=O)/C(=N/N)c2ccccc2OC(=O)c2ccccc2)cc1.